The number of aliphatic imine (C=N–C) groups is 1. The SMILES string of the molecule is CCC1(CC)CN=C(Nc2ccccc2COC)SC1. The number of ether oxygens (including phenoxy) is 1. The third kappa shape index (κ3) is 3.55. The van der Waals surface area contributed by atoms with E-state index in [9.17, 15) is 0 Å². The molecule has 0 aromatic heterocycles. The van der Waals surface area contributed by atoms with E-state index >= 15 is 0 Å². The van der Waals surface area contributed by atoms with Gasteiger partial charge in [0.25, 0.3) is 0 Å². The van der Waals surface area contributed by atoms with Gasteiger partial charge in [-0.1, -0.05) is 43.8 Å². The normalized spacial score (nSPS) is 17.6. The van der Waals surface area contributed by atoms with Crippen molar-refractivity contribution in [1.29, 1.82) is 0 Å². The summed E-state index contributed by atoms with van der Waals surface area (Å²) in [6.45, 7) is 6.09. The van der Waals surface area contributed by atoms with Gasteiger partial charge in [-0.15, -0.1) is 0 Å². The predicted octanol–water partition coefficient (Wildman–Crippen LogP) is 4.15. The van der Waals surface area contributed by atoms with Crippen LogP contribution in [0.25, 0.3) is 0 Å². The third-order valence-corrected chi connectivity index (χ3v) is 5.39. The minimum absolute atomic E-state index is 0.391. The number of nitrogens with one attached hydrogen (secondary N) is 1. The van der Waals surface area contributed by atoms with Crippen LogP contribution in [-0.4, -0.2) is 24.6 Å². The van der Waals surface area contributed by atoms with Crippen molar-refractivity contribution < 1.29 is 4.74 Å². The first-order valence-corrected chi connectivity index (χ1v) is 8.22. The lowest BCUT2D eigenvalue weighted by molar-refractivity contribution is 0.185. The molecule has 1 aromatic rings. The van der Waals surface area contributed by atoms with Gasteiger partial charge >= 0.3 is 0 Å². The van der Waals surface area contributed by atoms with Crippen LogP contribution in [0, 0.1) is 5.41 Å². The predicted molar refractivity (Wildman–Crippen MR) is 88.6 cm³/mol. The standard InChI is InChI=1S/C16H24N2OS/c1-4-16(5-2)11-17-15(20-12-16)18-14-9-7-6-8-13(14)10-19-3/h6-9H,4-5,10-12H2,1-3H3,(H,17,18). The summed E-state index contributed by atoms with van der Waals surface area (Å²) in [5, 5.41) is 4.49. The largest absolute Gasteiger partial charge is 0.380 e. The van der Waals surface area contributed by atoms with Crippen molar-refractivity contribution in [1.82, 2.24) is 0 Å². The lowest BCUT2D eigenvalue weighted by Gasteiger charge is -2.33. The summed E-state index contributed by atoms with van der Waals surface area (Å²) >= 11 is 1.84. The minimum atomic E-state index is 0.391. The van der Waals surface area contributed by atoms with Crippen LogP contribution >= 0.6 is 11.8 Å². The second kappa shape index (κ2) is 7.14. The summed E-state index contributed by atoms with van der Waals surface area (Å²) < 4.78 is 5.24. The number of hydrogen-bond acceptors (Lipinski definition) is 4. The van der Waals surface area contributed by atoms with Crippen LogP contribution in [0.2, 0.25) is 0 Å². The molecule has 0 saturated heterocycles. The maximum absolute atomic E-state index is 5.24. The van der Waals surface area contributed by atoms with Crippen LogP contribution < -0.4 is 5.32 Å². The Morgan fingerprint density at radius 1 is 1.30 bits per heavy atom. The van der Waals surface area contributed by atoms with Crippen molar-refractivity contribution in [3.8, 4) is 0 Å². The fraction of sp³-hybridized carbons (Fsp3) is 0.562. The summed E-state index contributed by atoms with van der Waals surface area (Å²) in [6, 6.07) is 8.24. The van der Waals surface area contributed by atoms with E-state index in [1.165, 1.54) is 18.4 Å². The Kier molecular flexibility index (Phi) is 5.49. The van der Waals surface area contributed by atoms with Gasteiger partial charge in [0, 0.05) is 30.7 Å². The van der Waals surface area contributed by atoms with E-state index in [2.05, 4.69) is 31.3 Å². The molecule has 2 rings (SSSR count). The van der Waals surface area contributed by atoms with Gasteiger partial charge in [-0.05, 0) is 24.3 Å². The van der Waals surface area contributed by atoms with Gasteiger partial charge in [0.1, 0.15) is 0 Å². The van der Waals surface area contributed by atoms with E-state index in [0.717, 1.165) is 23.2 Å². The maximum Gasteiger partial charge on any atom is 0.161 e. The molecule has 0 amide bonds. The molecular weight excluding hydrogens is 268 g/mol. The number of rotatable bonds is 5. The molecule has 0 unspecified atom stereocenters. The maximum atomic E-state index is 5.24. The van der Waals surface area contributed by atoms with E-state index in [0.29, 0.717) is 12.0 Å². The number of hydrogen-bond donors (Lipinski definition) is 1. The lowest BCUT2D eigenvalue weighted by Crippen LogP contribution is -2.32. The summed E-state index contributed by atoms with van der Waals surface area (Å²) in [5.74, 6) is 1.15. The zero-order chi connectivity index (χ0) is 14.4. The number of methoxy groups -OCH3 is 1. The van der Waals surface area contributed by atoms with E-state index in [-0.39, 0.29) is 0 Å². The average Bonchev–Trinajstić information content (AvgIpc) is 2.51. The molecule has 0 aliphatic carbocycles. The van der Waals surface area contributed by atoms with Crippen molar-refractivity contribution in [2.45, 2.75) is 33.3 Å². The Morgan fingerprint density at radius 2 is 2.05 bits per heavy atom. The number of para-hydroxylation sites is 1. The molecule has 1 aliphatic rings. The average molecular weight is 292 g/mol. The van der Waals surface area contributed by atoms with Gasteiger partial charge in [-0.2, -0.15) is 0 Å². The first-order chi connectivity index (χ1) is 9.73. The highest BCUT2D eigenvalue weighted by atomic mass is 32.2. The summed E-state index contributed by atoms with van der Waals surface area (Å²) in [4.78, 5) is 4.75. The van der Waals surface area contributed by atoms with Crippen LogP contribution in [-0.2, 0) is 11.3 Å². The highest BCUT2D eigenvalue weighted by Gasteiger charge is 2.30. The minimum Gasteiger partial charge on any atom is -0.380 e. The zero-order valence-corrected chi connectivity index (χ0v) is 13.4. The molecule has 4 heteroatoms. The van der Waals surface area contributed by atoms with Crippen molar-refractivity contribution in [2.24, 2.45) is 10.4 Å². The van der Waals surface area contributed by atoms with Gasteiger partial charge in [-0.25, -0.2) is 0 Å². The quantitative estimate of drug-likeness (QED) is 0.885. The fourth-order valence-corrected chi connectivity index (χ4v) is 3.62. The van der Waals surface area contributed by atoms with Crippen molar-refractivity contribution >= 4 is 22.6 Å². The molecule has 1 aromatic carbocycles. The number of anilines is 1. The molecule has 1 aliphatic heterocycles. The molecule has 0 fully saturated rings. The fourth-order valence-electron chi connectivity index (χ4n) is 2.34. The molecule has 3 nitrogen and oxygen atoms in total. The molecule has 1 heterocycles. The van der Waals surface area contributed by atoms with Crippen molar-refractivity contribution in [3.63, 3.8) is 0 Å². The topological polar surface area (TPSA) is 33.6 Å². The van der Waals surface area contributed by atoms with Crippen LogP contribution in [0.5, 0.6) is 0 Å². The van der Waals surface area contributed by atoms with Crippen LogP contribution in [0.1, 0.15) is 32.3 Å². The molecule has 0 atom stereocenters. The smallest absolute Gasteiger partial charge is 0.161 e. The Hall–Kier alpha value is -1.00. The molecule has 1 N–H and O–H groups in total. The first-order valence-electron chi connectivity index (χ1n) is 7.24. The van der Waals surface area contributed by atoms with Gasteiger partial charge in [0.2, 0.25) is 0 Å². The van der Waals surface area contributed by atoms with E-state index in [1.807, 2.05) is 23.9 Å². The summed E-state index contributed by atoms with van der Waals surface area (Å²) in [5.41, 5.74) is 2.66. The molecule has 20 heavy (non-hydrogen) atoms. The number of thioether (sulfide) groups is 1. The number of benzene rings is 1. The third-order valence-electron chi connectivity index (χ3n) is 4.13. The number of nitrogens with zero attached hydrogens (tertiary/aromatic N) is 1. The molecule has 0 saturated carbocycles. The Bertz CT molecular complexity index is 469. The lowest BCUT2D eigenvalue weighted by atomic mass is 9.84. The van der Waals surface area contributed by atoms with Crippen LogP contribution in [0.4, 0.5) is 5.69 Å². The van der Waals surface area contributed by atoms with Crippen molar-refractivity contribution in [2.75, 3.05) is 24.7 Å². The first kappa shape index (κ1) is 15.4. The molecule has 0 spiro atoms. The zero-order valence-electron chi connectivity index (χ0n) is 12.6. The highest BCUT2D eigenvalue weighted by molar-refractivity contribution is 8.14. The highest BCUT2D eigenvalue weighted by Crippen LogP contribution is 2.35. The van der Waals surface area contributed by atoms with E-state index in [4.69, 9.17) is 9.73 Å². The van der Waals surface area contributed by atoms with E-state index < -0.39 is 0 Å². The van der Waals surface area contributed by atoms with Crippen molar-refractivity contribution in [3.05, 3.63) is 29.8 Å². The Balaban J connectivity index is 2.07. The Labute approximate surface area is 126 Å². The van der Waals surface area contributed by atoms with Gasteiger partial charge < -0.3 is 10.1 Å². The summed E-state index contributed by atoms with van der Waals surface area (Å²) in [7, 11) is 1.72. The monoisotopic (exact) mass is 292 g/mol. The summed E-state index contributed by atoms with van der Waals surface area (Å²) in [6.07, 6.45) is 2.40. The van der Waals surface area contributed by atoms with Gasteiger partial charge in [0.05, 0.1) is 6.61 Å². The van der Waals surface area contributed by atoms with Gasteiger partial charge in [0.15, 0.2) is 5.17 Å². The van der Waals surface area contributed by atoms with Crippen LogP contribution in [0.15, 0.2) is 29.3 Å². The van der Waals surface area contributed by atoms with Gasteiger partial charge in [-0.3, -0.25) is 4.99 Å². The molecule has 110 valence electrons. The van der Waals surface area contributed by atoms with Crippen LogP contribution in [0.3, 0.4) is 0 Å². The number of amidine groups is 1. The molecule has 0 radical (unpaired) electrons. The second-order valence-corrected chi connectivity index (χ2v) is 6.30. The van der Waals surface area contributed by atoms with E-state index in [1.54, 1.807) is 7.11 Å². The second-order valence-electron chi connectivity index (χ2n) is 5.33. The Morgan fingerprint density at radius 3 is 2.65 bits per heavy atom. The molecular formula is C16H24N2OS. The molecule has 0 bridgehead atoms.